The molecule has 0 atom stereocenters. The molecule has 0 fully saturated rings. The standard InChI is InChI=1S/C19H14N2O2S/c1-12-6-8-14(9-7-12)21-18(22)17(24-19(21)23)10-13-11-20-16-5-3-2-4-15(13)16/h2-11,22H,1H3/b13-10-. The number of aromatic nitrogens is 1. The molecule has 0 bridgehead atoms. The fraction of sp³-hybridized carbons (Fsp3) is 0.0526. The van der Waals surface area contributed by atoms with E-state index in [-0.39, 0.29) is 10.8 Å². The Morgan fingerprint density at radius 1 is 1.12 bits per heavy atom. The predicted octanol–water partition coefficient (Wildman–Crippen LogP) is 4.17. The van der Waals surface area contributed by atoms with E-state index in [0.717, 1.165) is 33.7 Å². The molecule has 1 aliphatic heterocycles. The van der Waals surface area contributed by atoms with Crippen molar-refractivity contribution in [2.45, 2.75) is 6.92 Å². The van der Waals surface area contributed by atoms with Crippen LogP contribution in [0.4, 0.5) is 5.69 Å². The summed E-state index contributed by atoms with van der Waals surface area (Å²) < 4.78 is 1.33. The first-order valence-corrected chi connectivity index (χ1v) is 8.32. The third-order valence-electron chi connectivity index (χ3n) is 3.95. The summed E-state index contributed by atoms with van der Waals surface area (Å²) in [6, 6.07) is 15.3. The van der Waals surface area contributed by atoms with Crippen LogP contribution < -0.4 is 4.87 Å². The van der Waals surface area contributed by atoms with Crippen LogP contribution in [-0.4, -0.2) is 15.9 Å². The third kappa shape index (κ3) is 2.39. The minimum atomic E-state index is -0.216. The van der Waals surface area contributed by atoms with Gasteiger partial charge in [0.15, 0.2) is 0 Å². The lowest BCUT2D eigenvalue weighted by Crippen LogP contribution is -2.09. The summed E-state index contributed by atoms with van der Waals surface area (Å²) in [5, 5.41) is 10.5. The second kappa shape index (κ2) is 5.62. The van der Waals surface area contributed by atoms with Crippen LogP contribution >= 0.6 is 11.3 Å². The van der Waals surface area contributed by atoms with Gasteiger partial charge in [0, 0.05) is 17.4 Å². The molecule has 3 aromatic rings. The van der Waals surface area contributed by atoms with Gasteiger partial charge in [0.05, 0.1) is 16.3 Å². The number of aromatic hydroxyl groups is 1. The van der Waals surface area contributed by atoms with E-state index < -0.39 is 0 Å². The maximum absolute atomic E-state index is 12.3. The second-order valence-corrected chi connectivity index (χ2v) is 6.60. The van der Waals surface area contributed by atoms with Crippen LogP contribution in [0.5, 0.6) is 5.88 Å². The Bertz CT molecular complexity index is 1040. The van der Waals surface area contributed by atoms with Gasteiger partial charge in [-0.25, -0.2) is 4.57 Å². The zero-order valence-corrected chi connectivity index (χ0v) is 13.7. The van der Waals surface area contributed by atoms with E-state index in [4.69, 9.17) is 0 Å². The number of aliphatic imine (C=N–C) groups is 1. The van der Waals surface area contributed by atoms with E-state index in [1.54, 1.807) is 12.3 Å². The first-order chi connectivity index (χ1) is 11.6. The van der Waals surface area contributed by atoms with Crippen molar-refractivity contribution in [3.8, 4) is 11.6 Å². The fourth-order valence-corrected chi connectivity index (χ4v) is 3.53. The van der Waals surface area contributed by atoms with Gasteiger partial charge in [-0.2, -0.15) is 0 Å². The molecule has 118 valence electrons. The van der Waals surface area contributed by atoms with Gasteiger partial charge in [-0.3, -0.25) is 9.79 Å². The maximum Gasteiger partial charge on any atom is 0.315 e. The summed E-state index contributed by atoms with van der Waals surface area (Å²) in [5.41, 5.74) is 4.54. The molecule has 4 nitrogen and oxygen atoms in total. The van der Waals surface area contributed by atoms with Gasteiger partial charge in [0.2, 0.25) is 5.88 Å². The Hall–Kier alpha value is -2.92. The van der Waals surface area contributed by atoms with E-state index in [2.05, 4.69) is 4.99 Å². The number of nitrogens with zero attached hydrogens (tertiary/aromatic N) is 2. The maximum atomic E-state index is 12.3. The molecule has 0 saturated carbocycles. The van der Waals surface area contributed by atoms with Crippen molar-refractivity contribution in [1.29, 1.82) is 0 Å². The van der Waals surface area contributed by atoms with E-state index in [0.29, 0.717) is 10.6 Å². The number of benzene rings is 2. The Labute approximate surface area is 142 Å². The molecule has 0 spiro atoms. The lowest BCUT2D eigenvalue weighted by atomic mass is 10.1. The molecule has 0 saturated heterocycles. The molecule has 5 heteroatoms. The monoisotopic (exact) mass is 334 g/mol. The lowest BCUT2D eigenvalue weighted by molar-refractivity contribution is 0.440. The van der Waals surface area contributed by atoms with Crippen molar-refractivity contribution >= 4 is 34.9 Å². The van der Waals surface area contributed by atoms with Gasteiger partial charge in [-0.05, 0) is 31.2 Å². The third-order valence-corrected chi connectivity index (χ3v) is 4.83. The minimum Gasteiger partial charge on any atom is -0.493 e. The lowest BCUT2D eigenvalue weighted by Gasteiger charge is -2.04. The molecule has 24 heavy (non-hydrogen) atoms. The van der Waals surface area contributed by atoms with Gasteiger partial charge in [0.25, 0.3) is 0 Å². The smallest absolute Gasteiger partial charge is 0.315 e. The summed E-state index contributed by atoms with van der Waals surface area (Å²) in [6.07, 6.45) is 3.56. The minimum absolute atomic E-state index is 0.0425. The molecule has 1 N–H and O–H groups in total. The van der Waals surface area contributed by atoms with Crippen molar-refractivity contribution in [2.75, 3.05) is 0 Å². The van der Waals surface area contributed by atoms with Crippen LogP contribution in [-0.2, 0) is 0 Å². The highest BCUT2D eigenvalue weighted by Crippen LogP contribution is 2.34. The van der Waals surface area contributed by atoms with Crippen LogP contribution in [0.2, 0.25) is 0 Å². The van der Waals surface area contributed by atoms with Crippen LogP contribution in [0, 0.1) is 6.92 Å². The highest BCUT2D eigenvalue weighted by molar-refractivity contribution is 7.10. The molecule has 1 aliphatic rings. The van der Waals surface area contributed by atoms with Gasteiger partial charge in [-0.1, -0.05) is 47.2 Å². The van der Waals surface area contributed by atoms with Gasteiger partial charge >= 0.3 is 4.87 Å². The SMILES string of the molecule is Cc1ccc(-n2c(O)c(/C=C3/C=Nc4ccccc43)sc2=O)cc1. The molecule has 1 aromatic heterocycles. The molecule has 2 aromatic carbocycles. The molecule has 4 rings (SSSR count). The topological polar surface area (TPSA) is 54.6 Å². The summed E-state index contributed by atoms with van der Waals surface area (Å²) in [5.74, 6) is -0.0425. The fourth-order valence-electron chi connectivity index (χ4n) is 2.69. The summed E-state index contributed by atoms with van der Waals surface area (Å²) in [7, 11) is 0. The van der Waals surface area contributed by atoms with Crippen molar-refractivity contribution < 1.29 is 5.11 Å². The molecule has 0 aliphatic carbocycles. The zero-order chi connectivity index (χ0) is 16.7. The van der Waals surface area contributed by atoms with Crippen LogP contribution in [0.15, 0.2) is 58.3 Å². The number of thiazole rings is 1. The normalized spacial score (nSPS) is 14.3. The first kappa shape index (κ1) is 14.7. The highest BCUT2D eigenvalue weighted by atomic mass is 32.1. The predicted molar refractivity (Wildman–Crippen MR) is 98.8 cm³/mol. The van der Waals surface area contributed by atoms with Gasteiger partial charge in [0.1, 0.15) is 0 Å². The number of allylic oxidation sites excluding steroid dienone is 1. The quantitative estimate of drug-likeness (QED) is 0.765. The average molecular weight is 334 g/mol. The number of fused-ring (bicyclic) bond motifs is 1. The number of para-hydroxylation sites is 1. The van der Waals surface area contributed by atoms with E-state index >= 15 is 0 Å². The van der Waals surface area contributed by atoms with Crippen molar-refractivity contribution in [2.24, 2.45) is 4.99 Å². The molecule has 0 unspecified atom stereocenters. The Balaban J connectivity index is 1.81. The number of rotatable bonds is 2. The number of aryl methyl sites for hydroxylation is 1. The molecular formula is C19H14N2O2S. The zero-order valence-electron chi connectivity index (χ0n) is 12.9. The average Bonchev–Trinajstić information content (AvgIpc) is 3.11. The summed E-state index contributed by atoms with van der Waals surface area (Å²) >= 11 is 1.02. The second-order valence-electron chi connectivity index (χ2n) is 5.60. The Morgan fingerprint density at radius 2 is 1.88 bits per heavy atom. The van der Waals surface area contributed by atoms with E-state index in [9.17, 15) is 9.90 Å². The van der Waals surface area contributed by atoms with Gasteiger partial charge < -0.3 is 5.11 Å². The Morgan fingerprint density at radius 3 is 2.67 bits per heavy atom. The Kier molecular flexibility index (Phi) is 3.43. The van der Waals surface area contributed by atoms with Crippen LogP contribution in [0.1, 0.15) is 16.0 Å². The highest BCUT2D eigenvalue weighted by Gasteiger charge is 2.17. The number of hydrogen-bond donors (Lipinski definition) is 1. The molecular weight excluding hydrogens is 320 g/mol. The van der Waals surface area contributed by atoms with E-state index in [1.165, 1.54) is 4.57 Å². The van der Waals surface area contributed by atoms with Crippen molar-refractivity contribution in [3.05, 3.63) is 74.2 Å². The molecule has 0 radical (unpaired) electrons. The van der Waals surface area contributed by atoms with Crippen LogP contribution in [0.25, 0.3) is 17.3 Å². The van der Waals surface area contributed by atoms with Crippen molar-refractivity contribution in [3.63, 3.8) is 0 Å². The largest absolute Gasteiger partial charge is 0.493 e. The van der Waals surface area contributed by atoms with Crippen molar-refractivity contribution in [1.82, 2.24) is 4.57 Å². The first-order valence-electron chi connectivity index (χ1n) is 7.50. The van der Waals surface area contributed by atoms with E-state index in [1.807, 2.05) is 55.5 Å². The van der Waals surface area contributed by atoms with Crippen LogP contribution in [0.3, 0.4) is 0 Å². The number of hydrogen-bond acceptors (Lipinski definition) is 4. The van der Waals surface area contributed by atoms with Gasteiger partial charge in [-0.15, -0.1) is 0 Å². The molecule has 0 amide bonds. The summed E-state index contributed by atoms with van der Waals surface area (Å²) in [4.78, 5) is 17.0. The molecule has 2 heterocycles. The summed E-state index contributed by atoms with van der Waals surface area (Å²) in [6.45, 7) is 1.98.